The summed E-state index contributed by atoms with van der Waals surface area (Å²) < 4.78 is 32.3. The summed E-state index contributed by atoms with van der Waals surface area (Å²) in [6.45, 7) is 5.85. The number of carbonyl (C=O) groups is 1. The summed E-state index contributed by atoms with van der Waals surface area (Å²) in [5.74, 6) is -0.653. The molecule has 0 amide bonds. The van der Waals surface area contributed by atoms with Gasteiger partial charge in [-0.15, -0.1) is 6.58 Å². The van der Waals surface area contributed by atoms with Crippen molar-refractivity contribution in [1.82, 2.24) is 0 Å². The number of fused-ring (bicyclic) bond motifs is 1. The van der Waals surface area contributed by atoms with Crippen LogP contribution in [0.15, 0.2) is 53.9 Å². The second-order valence-corrected chi connectivity index (χ2v) is 11.2. The summed E-state index contributed by atoms with van der Waals surface area (Å²) >= 11 is 0. The Bertz CT molecular complexity index is 1020. The van der Waals surface area contributed by atoms with Crippen molar-refractivity contribution in [2.45, 2.75) is 121 Å². The van der Waals surface area contributed by atoms with E-state index < -0.39 is 16.1 Å². The van der Waals surface area contributed by atoms with Gasteiger partial charge in [0.05, 0.1) is 0 Å². The molecule has 0 heterocycles. The molecule has 2 N–H and O–H groups in total. The van der Waals surface area contributed by atoms with Gasteiger partial charge in [0, 0.05) is 11.8 Å². The molecule has 0 aliphatic carbocycles. The Morgan fingerprint density at radius 1 is 0.789 bits per heavy atom. The molecule has 0 aliphatic heterocycles. The van der Waals surface area contributed by atoms with Gasteiger partial charge in [0.1, 0.15) is 4.90 Å². The second kappa shape index (κ2) is 22.6. The number of aliphatic carboxylic acids is 1. The van der Waals surface area contributed by atoms with Gasteiger partial charge in [-0.3, -0.25) is 9.35 Å². The molecule has 0 saturated carbocycles. The van der Waals surface area contributed by atoms with Crippen molar-refractivity contribution < 1.29 is 22.9 Å². The molecule has 0 fully saturated rings. The zero-order valence-corrected chi connectivity index (χ0v) is 23.6. The molecule has 0 atom stereocenters. The topological polar surface area (TPSA) is 91.7 Å². The van der Waals surface area contributed by atoms with Gasteiger partial charge >= 0.3 is 35.5 Å². The molecule has 38 heavy (non-hydrogen) atoms. The van der Waals surface area contributed by atoms with Crippen LogP contribution in [0, 0.1) is 0 Å². The normalized spacial score (nSPS) is 10.9. The van der Waals surface area contributed by atoms with Gasteiger partial charge in [0.15, 0.2) is 0 Å². The average Bonchev–Trinajstić information content (AvgIpc) is 2.86. The quantitative estimate of drug-likeness (QED) is 0.0783. The number of hydrogen-bond donors (Lipinski definition) is 2. The minimum atomic E-state index is -4.23. The molecule has 5 nitrogen and oxygen atoms in total. The predicted octanol–water partition coefficient (Wildman–Crippen LogP) is 8.50. The SMILES string of the molecule is C=CCc1ccc2ccccc2c1S(=O)(=O)O.CCCCCCCCCCCCCCCCCC(=O)O.[NaH]. The maximum atomic E-state index is 11.5. The van der Waals surface area contributed by atoms with E-state index in [1.165, 1.54) is 83.5 Å². The summed E-state index contributed by atoms with van der Waals surface area (Å²) in [7, 11) is -4.23. The Labute approximate surface area is 253 Å². The number of benzene rings is 2. The van der Waals surface area contributed by atoms with Gasteiger partial charge in [0.2, 0.25) is 0 Å². The van der Waals surface area contributed by atoms with Crippen LogP contribution in [0.5, 0.6) is 0 Å². The Balaban J connectivity index is 0.000000708. The average molecular weight is 557 g/mol. The van der Waals surface area contributed by atoms with E-state index in [1.54, 1.807) is 24.3 Å². The fourth-order valence-electron chi connectivity index (χ4n) is 4.56. The molecule has 0 unspecified atom stereocenters. The number of carboxylic acid groups (broad SMARTS) is 1. The van der Waals surface area contributed by atoms with Crippen LogP contribution in [0.3, 0.4) is 0 Å². The van der Waals surface area contributed by atoms with Crippen LogP contribution in [0.25, 0.3) is 10.8 Å². The van der Waals surface area contributed by atoms with Gasteiger partial charge in [0.25, 0.3) is 10.1 Å². The number of hydrogen-bond acceptors (Lipinski definition) is 3. The maximum absolute atomic E-state index is 11.5. The third-order valence-electron chi connectivity index (χ3n) is 6.58. The van der Waals surface area contributed by atoms with Gasteiger partial charge in [-0.25, -0.2) is 0 Å². The van der Waals surface area contributed by atoms with Gasteiger partial charge < -0.3 is 5.11 Å². The van der Waals surface area contributed by atoms with Crippen molar-refractivity contribution in [2.24, 2.45) is 0 Å². The van der Waals surface area contributed by atoms with E-state index in [1.807, 2.05) is 18.2 Å². The zero-order valence-electron chi connectivity index (χ0n) is 22.8. The van der Waals surface area contributed by atoms with Crippen LogP contribution in [0.1, 0.15) is 115 Å². The van der Waals surface area contributed by atoms with Crippen molar-refractivity contribution in [2.75, 3.05) is 0 Å². The number of unbranched alkanes of at least 4 members (excludes halogenated alkanes) is 14. The van der Waals surface area contributed by atoms with Crippen LogP contribution in [0.2, 0.25) is 0 Å². The van der Waals surface area contributed by atoms with Gasteiger partial charge in [-0.05, 0) is 23.8 Å². The first-order chi connectivity index (χ1) is 17.8. The van der Waals surface area contributed by atoms with Crippen molar-refractivity contribution >= 4 is 56.4 Å². The molecule has 0 spiro atoms. The van der Waals surface area contributed by atoms with Crippen LogP contribution >= 0.6 is 0 Å². The molecule has 0 saturated heterocycles. The van der Waals surface area contributed by atoms with Crippen molar-refractivity contribution in [1.29, 1.82) is 0 Å². The van der Waals surface area contributed by atoms with Crippen molar-refractivity contribution in [3.63, 3.8) is 0 Å². The first-order valence-electron chi connectivity index (χ1n) is 14.1. The first kappa shape index (κ1) is 36.8. The summed E-state index contributed by atoms with van der Waals surface area (Å²) in [6.07, 6.45) is 22.2. The molecule has 0 aliphatic rings. The standard InChI is InChI=1S/C18H36O2.C13H12O3S.Na.H/c1-2-3-4-5-6-7-8-9-10-11-12-13-14-15-16-17-18(19)20;1-2-5-11-9-8-10-6-3-4-7-12(10)13(11)17(14,15)16;;/h2-17H2,1H3,(H,19,20);2-4,6-9H,1,5H2,(H,14,15,16);;. The fourth-order valence-corrected chi connectivity index (χ4v) is 5.50. The third kappa shape index (κ3) is 16.7. The summed E-state index contributed by atoms with van der Waals surface area (Å²) in [4.78, 5) is 10.3. The van der Waals surface area contributed by atoms with E-state index >= 15 is 0 Å². The summed E-state index contributed by atoms with van der Waals surface area (Å²) in [6, 6.07) is 10.6. The molecule has 2 aromatic carbocycles. The predicted molar refractivity (Wildman–Crippen MR) is 162 cm³/mol. The summed E-state index contributed by atoms with van der Waals surface area (Å²) in [5.41, 5.74) is 0.557. The van der Waals surface area contributed by atoms with Crippen molar-refractivity contribution in [3.8, 4) is 0 Å². The second-order valence-electron chi connectivity index (χ2n) is 9.84. The molecular formula is C31H49NaO5S. The van der Waals surface area contributed by atoms with E-state index in [2.05, 4.69) is 13.5 Å². The van der Waals surface area contributed by atoms with E-state index in [9.17, 15) is 17.8 Å². The van der Waals surface area contributed by atoms with Crippen molar-refractivity contribution in [3.05, 3.63) is 54.6 Å². The molecular weight excluding hydrogens is 507 g/mol. The van der Waals surface area contributed by atoms with E-state index in [0.29, 0.717) is 23.8 Å². The molecule has 0 aromatic heterocycles. The molecule has 0 radical (unpaired) electrons. The monoisotopic (exact) mass is 556 g/mol. The van der Waals surface area contributed by atoms with Crippen LogP contribution < -0.4 is 0 Å². The summed E-state index contributed by atoms with van der Waals surface area (Å²) in [5, 5.41) is 9.84. The Morgan fingerprint density at radius 2 is 1.26 bits per heavy atom. The molecule has 210 valence electrons. The fraction of sp³-hybridized carbons (Fsp3) is 0.581. The molecule has 2 rings (SSSR count). The minimum absolute atomic E-state index is 0. The Kier molecular flexibility index (Phi) is 21.9. The number of carboxylic acids is 1. The third-order valence-corrected chi connectivity index (χ3v) is 7.58. The first-order valence-corrected chi connectivity index (χ1v) is 15.6. The van der Waals surface area contributed by atoms with Gasteiger partial charge in [-0.1, -0.05) is 139 Å². The van der Waals surface area contributed by atoms with Crippen LogP contribution in [0.4, 0.5) is 0 Å². The van der Waals surface area contributed by atoms with Crippen LogP contribution in [-0.2, 0) is 21.3 Å². The van der Waals surface area contributed by atoms with E-state index in [4.69, 9.17) is 5.11 Å². The molecule has 7 heteroatoms. The van der Waals surface area contributed by atoms with Gasteiger partial charge in [-0.2, -0.15) is 8.42 Å². The number of rotatable bonds is 19. The van der Waals surface area contributed by atoms with E-state index in [0.717, 1.165) is 18.2 Å². The Hall–Kier alpha value is -1.18. The van der Waals surface area contributed by atoms with Crippen LogP contribution in [-0.4, -0.2) is 53.6 Å². The number of allylic oxidation sites excluding steroid dienone is 1. The Morgan fingerprint density at radius 3 is 1.71 bits per heavy atom. The molecule has 0 bridgehead atoms. The molecule has 2 aromatic rings. The zero-order chi connectivity index (χ0) is 27.4. The van der Waals surface area contributed by atoms with E-state index in [-0.39, 0.29) is 34.5 Å².